The fourth-order valence-corrected chi connectivity index (χ4v) is 2.60. The van der Waals surface area contributed by atoms with Gasteiger partial charge in [0.25, 0.3) is 5.91 Å². The molecule has 0 aliphatic rings. The van der Waals surface area contributed by atoms with E-state index in [4.69, 9.17) is 0 Å². The van der Waals surface area contributed by atoms with Gasteiger partial charge in [-0.15, -0.1) is 0 Å². The standard InChI is InChI=1S/C17H13BrFN5O2/c18-15-6-1-11(19)7-14(15)17(26)21-8-16(25)23-12-2-4-13(5-3-12)24-10-20-9-22-24/h1-7,9-10H,8H2,(H,21,26)(H,23,25). The molecule has 0 spiro atoms. The molecule has 0 saturated carbocycles. The minimum Gasteiger partial charge on any atom is -0.343 e. The highest BCUT2D eigenvalue weighted by molar-refractivity contribution is 9.10. The second-order valence-corrected chi connectivity index (χ2v) is 6.10. The molecule has 0 saturated heterocycles. The Hall–Kier alpha value is -3.07. The van der Waals surface area contributed by atoms with Crippen molar-refractivity contribution in [2.24, 2.45) is 0 Å². The molecule has 0 atom stereocenters. The van der Waals surface area contributed by atoms with E-state index in [0.29, 0.717) is 10.2 Å². The van der Waals surface area contributed by atoms with Crippen LogP contribution < -0.4 is 10.6 Å². The fraction of sp³-hybridized carbons (Fsp3) is 0.0588. The zero-order valence-electron chi connectivity index (χ0n) is 13.3. The van der Waals surface area contributed by atoms with Crippen LogP contribution in [-0.4, -0.2) is 33.1 Å². The van der Waals surface area contributed by atoms with Crippen molar-refractivity contribution in [3.8, 4) is 5.69 Å². The Labute approximate surface area is 156 Å². The number of carbonyl (C=O) groups excluding carboxylic acids is 2. The van der Waals surface area contributed by atoms with Gasteiger partial charge < -0.3 is 10.6 Å². The van der Waals surface area contributed by atoms with Gasteiger partial charge in [0.2, 0.25) is 5.91 Å². The van der Waals surface area contributed by atoms with Gasteiger partial charge in [0.1, 0.15) is 18.5 Å². The summed E-state index contributed by atoms with van der Waals surface area (Å²) in [4.78, 5) is 27.9. The summed E-state index contributed by atoms with van der Waals surface area (Å²) in [5.41, 5.74) is 1.49. The van der Waals surface area contributed by atoms with Gasteiger partial charge in [-0.3, -0.25) is 9.59 Å². The monoisotopic (exact) mass is 417 g/mol. The van der Waals surface area contributed by atoms with E-state index in [9.17, 15) is 14.0 Å². The third kappa shape index (κ3) is 4.31. The van der Waals surface area contributed by atoms with Crippen LogP contribution in [-0.2, 0) is 4.79 Å². The Balaban J connectivity index is 1.55. The second-order valence-electron chi connectivity index (χ2n) is 5.24. The number of benzene rings is 2. The lowest BCUT2D eigenvalue weighted by molar-refractivity contribution is -0.115. The number of aromatic nitrogens is 3. The lowest BCUT2D eigenvalue weighted by Crippen LogP contribution is -2.33. The molecule has 132 valence electrons. The summed E-state index contributed by atoms with van der Waals surface area (Å²) >= 11 is 3.18. The van der Waals surface area contributed by atoms with Crippen LogP contribution in [0.4, 0.5) is 10.1 Å². The van der Waals surface area contributed by atoms with Crippen molar-refractivity contribution in [2.45, 2.75) is 0 Å². The number of carbonyl (C=O) groups is 2. The van der Waals surface area contributed by atoms with Gasteiger partial charge in [-0.25, -0.2) is 14.1 Å². The van der Waals surface area contributed by atoms with Crippen LogP contribution in [0, 0.1) is 5.82 Å². The molecular weight excluding hydrogens is 405 g/mol. The molecule has 2 N–H and O–H groups in total. The molecule has 0 radical (unpaired) electrons. The van der Waals surface area contributed by atoms with Crippen LogP contribution in [0.25, 0.3) is 5.69 Å². The molecule has 1 heterocycles. The first-order valence-electron chi connectivity index (χ1n) is 7.51. The Bertz CT molecular complexity index is 929. The summed E-state index contributed by atoms with van der Waals surface area (Å²) in [6.07, 6.45) is 2.99. The smallest absolute Gasteiger partial charge is 0.252 e. The molecule has 3 rings (SSSR count). The second kappa shape index (κ2) is 7.87. The van der Waals surface area contributed by atoms with Crippen molar-refractivity contribution in [2.75, 3.05) is 11.9 Å². The van der Waals surface area contributed by atoms with Gasteiger partial charge >= 0.3 is 0 Å². The Morgan fingerprint density at radius 1 is 1.15 bits per heavy atom. The van der Waals surface area contributed by atoms with E-state index in [2.05, 4.69) is 36.6 Å². The quantitative estimate of drug-likeness (QED) is 0.667. The lowest BCUT2D eigenvalue weighted by Gasteiger charge is -2.09. The number of rotatable bonds is 5. The molecule has 9 heteroatoms. The van der Waals surface area contributed by atoms with E-state index in [1.54, 1.807) is 35.3 Å². The molecule has 26 heavy (non-hydrogen) atoms. The molecule has 3 aromatic rings. The maximum atomic E-state index is 13.2. The van der Waals surface area contributed by atoms with E-state index in [1.165, 1.54) is 18.5 Å². The molecule has 2 amide bonds. The third-order valence-electron chi connectivity index (χ3n) is 3.42. The summed E-state index contributed by atoms with van der Waals surface area (Å²) in [5, 5.41) is 9.12. The first-order chi connectivity index (χ1) is 12.5. The molecule has 0 unspecified atom stereocenters. The van der Waals surface area contributed by atoms with Crippen molar-refractivity contribution >= 4 is 33.4 Å². The van der Waals surface area contributed by atoms with Crippen molar-refractivity contribution < 1.29 is 14.0 Å². The number of hydrogen-bond donors (Lipinski definition) is 2. The Kier molecular flexibility index (Phi) is 5.37. The highest BCUT2D eigenvalue weighted by atomic mass is 79.9. The number of hydrogen-bond acceptors (Lipinski definition) is 4. The van der Waals surface area contributed by atoms with E-state index in [-0.39, 0.29) is 12.1 Å². The van der Waals surface area contributed by atoms with E-state index < -0.39 is 17.6 Å². The molecule has 2 aromatic carbocycles. The first kappa shape index (κ1) is 17.7. The Morgan fingerprint density at radius 3 is 2.62 bits per heavy atom. The number of halogens is 2. The normalized spacial score (nSPS) is 10.4. The van der Waals surface area contributed by atoms with Gasteiger partial charge in [0.05, 0.1) is 17.8 Å². The summed E-state index contributed by atoms with van der Waals surface area (Å²) in [6.45, 7) is -0.243. The Morgan fingerprint density at radius 2 is 1.92 bits per heavy atom. The molecule has 0 fully saturated rings. The number of nitrogens with one attached hydrogen (secondary N) is 2. The number of anilines is 1. The van der Waals surface area contributed by atoms with Crippen LogP contribution in [0.3, 0.4) is 0 Å². The molecular formula is C17H13BrFN5O2. The third-order valence-corrected chi connectivity index (χ3v) is 4.11. The van der Waals surface area contributed by atoms with Crippen LogP contribution in [0.1, 0.15) is 10.4 Å². The fourth-order valence-electron chi connectivity index (χ4n) is 2.17. The SMILES string of the molecule is O=C(CNC(=O)c1cc(F)ccc1Br)Nc1ccc(-n2cncn2)cc1. The van der Waals surface area contributed by atoms with E-state index >= 15 is 0 Å². The summed E-state index contributed by atoms with van der Waals surface area (Å²) in [6, 6.07) is 10.7. The lowest BCUT2D eigenvalue weighted by atomic mass is 10.2. The molecule has 0 aliphatic heterocycles. The largest absolute Gasteiger partial charge is 0.343 e. The van der Waals surface area contributed by atoms with Gasteiger partial charge in [-0.2, -0.15) is 5.10 Å². The summed E-state index contributed by atoms with van der Waals surface area (Å²) < 4.78 is 15.3. The van der Waals surface area contributed by atoms with Gasteiger partial charge in [0, 0.05) is 10.2 Å². The number of amides is 2. The predicted molar refractivity (Wildman–Crippen MR) is 96.4 cm³/mol. The topological polar surface area (TPSA) is 88.9 Å². The van der Waals surface area contributed by atoms with Crippen LogP contribution in [0.15, 0.2) is 59.6 Å². The molecule has 0 bridgehead atoms. The van der Waals surface area contributed by atoms with Gasteiger partial charge in [-0.05, 0) is 58.4 Å². The molecule has 0 aliphatic carbocycles. The van der Waals surface area contributed by atoms with Gasteiger partial charge in [-0.1, -0.05) is 0 Å². The zero-order valence-corrected chi connectivity index (χ0v) is 14.9. The van der Waals surface area contributed by atoms with Crippen LogP contribution >= 0.6 is 15.9 Å². The highest BCUT2D eigenvalue weighted by Gasteiger charge is 2.12. The minimum absolute atomic E-state index is 0.120. The summed E-state index contributed by atoms with van der Waals surface area (Å²) in [7, 11) is 0. The minimum atomic E-state index is -0.548. The summed E-state index contributed by atoms with van der Waals surface area (Å²) in [5.74, 6) is -1.48. The first-order valence-corrected chi connectivity index (χ1v) is 8.30. The highest BCUT2D eigenvalue weighted by Crippen LogP contribution is 2.17. The molecule has 1 aromatic heterocycles. The zero-order chi connectivity index (χ0) is 18.5. The van der Waals surface area contributed by atoms with Crippen molar-refractivity contribution in [1.82, 2.24) is 20.1 Å². The van der Waals surface area contributed by atoms with Crippen molar-refractivity contribution in [1.29, 1.82) is 0 Å². The van der Waals surface area contributed by atoms with E-state index in [0.717, 1.165) is 11.8 Å². The average molecular weight is 418 g/mol. The van der Waals surface area contributed by atoms with Crippen molar-refractivity contribution in [3.05, 3.63) is 71.0 Å². The number of nitrogens with zero attached hydrogens (tertiary/aromatic N) is 3. The van der Waals surface area contributed by atoms with Crippen molar-refractivity contribution in [3.63, 3.8) is 0 Å². The van der Waals surface area contributed by atoms with Crippen LogP contribution in [0.5, 0.6) is 0 Å². The van der Waals surface area contributed by atoms with E-state index in [1.807, 2.05) is 0 Å². The average Bonchev–Trinajstić information content (AvgIpc) is 3.17. The molecule has 7 nitrogen and oxygen atoms in total. The predicted octanol–water partition coefficient (Wildman–Crippen LogP) is 2.54. The van der Waals surface area contributed by atoms with Gasteiger partial charge in [0.15, 0.2) is 0 Å². The van der Waals surface area contributed by atoms with Crippen LogP contribution in [0.2, 0.25) is 0 Å². The maximum Gasteiger partial charge on any atom is 0.252 e. The maximum absolute atomic E-state index is 13.2.